The number of halogens is 1. The van der Waals surface area contributed by atoms with Gasteiger partial charge in [-0.2, -0.15) is 0 Å². The number of hydrogen-bond acceptors (Lipinski definition) is 2. The zero-order chi connectivity index (χ0) is 15.9. The van der Waals surface area contributed by atoms with E-state index in [4.69, 9.17) is 4.74 Å². The third-order valence-corrected chi connectivity index (χ3v) is 4.10. The molecule has 0 saturated heterocycles. The van der Waals surface area contributed by atoms with Gasteiger partial charge in [-0.3, -0.25) is 4.79 Å². The van der Waals surface area contributed by atoms with Gasteiger partial charge < -0.3 is 10.1 Å². The average Bonchev–Trinajstić information content (AvgIpc) is 2.55. The van der Waals surface area contributed by atoms with Crippen LogP contribution in [0.2, 0.25) is 0 Å². The molecule has 2 aromatic carbocycles. The number of carbonyl (C=O) groups is 1. The molecule has 0 heterocycles. The maximum Gasteiger partial charge on any atom is 0.265 e. The van der Waals surface area contributed by atoms with Gasteiger partial charge in [-0.05, 0) is 58.6 Å². The number of rotatable bonds is 6. The summed E-state index contributed by atoms with van der Waals surface area (Å²) in [5, 5.41) is 2.89. The first kappa shape index (κ1) is 16.6. The average molecular weight is 362 g/mol. The second kappa shape index (κ2) is 7.99. The number of aryl methyl sites for hydroxylation is 1. The van der Waals surface area contributed by atoms with Crippen molar-refractivity contribution in [2.45, 2.75) is 32.8 Å². The van der Waals surface area contributed by atoms with Gasteiger partial charge in [0.15, 0.2) is 6.10 Å². The third kappa shape index (κ3) is 4.34. The van der Waals surface area contributed by atoms with Crippen molar-refractivity contribution in [1.29, 1.82) is 0 Å². The fraction of sp³-hybridized carbons (Fsp3) is 0.278. The summed E-state index contributed by atoms with van der Waals surface area (Å²) in [4.78, 5) is 12.4. The number of carbonyl (C=O) groups excluding carboxylic acids is 1. The second-order valence-electron chi connectivity index (χ2n) is 4.98. The van der Waals surface area contributed by atoms with Crippen molar-refractivity contribution in [2.75, 3.05) is 5.32 Å². The van der Waals surface area contributed by atoms with Crippen LogP contribution in [0.3, 0.4) is 0 Å². The number of amides is 1. The summed E-state index contributed by atoms with van der Waals surface area (Å²) >= 11 is 3.42. The minimum absolute atomic E-state index is 0.144. The van der Waals surface area contributed by atoms with E-state index in [1.165, 1.54) is 5.56 Å². The molecule has 2 rings (SSSR count). The lowest BCUT2D eigenvalue weighted by atomic mass is 10.1. The van der Waals surface area contributed by atoms with Crippen LogP contribution in [0.5, 0.6) is 5.75 Å². The molecule has 1 atom stereocenters. The van der Waals surface area contributed by atoms with Crippen LogP contribution < -0.4 is 10.1 Å². The number of ether oxygens (including phenoxy) is 1. The molecule has 0 aliphatic rings. The molecule has 116 valence electrons. The van der Waals surface area contributed by atoms with E-state index in [2.05, 4.69) is 28.2 Å². The molecule has 0 aliphatic carbocycles. The molecule has 4 heteroatoms. The van der Waals surface area contributed by atoms with Crippen molar-refractivity contribution < 1.29 is 9.53 Å². The third-order valence-electron chi connectivity index (χ3n) is 3.40. The summed E-state index contributed by atoms with van der Waals surface area (Å²) in [6.45, 7) is 4.04. The summed E-state index contributed by atoms with van der Waals surface area (Å²) in [6, 6.07) is 15.4. The molecule has 2 aromatic rings. The highest BCUT2D eigenvalue weighted by Crippen LogP contribution is 2.22. The van der Waals surface area contributed by atoms with Crippen molar-refractivity contribution in [3.8, 4) is 5.75 Å². The van der Waals surface area contributed by atoms with E-state index in [1.54, 1.807) is 0 Å². The van der Waals surface area contributed by atoms with Gasteiger partial charge in [0, 0.05) is 4.47 Å². The van der Waals surface area contributed by atoms with Gasteiger partial charge in [0.2, 0.25) is 0 Å². The first-order chi connectivity index (χ1) is 10.6. The lowest BCUT2D eigenvalue weighted by Gasteiger charge is -2.18. The van der Waals surface area contributed by atoms with Gasteiger partial charge in [-0.25, -0.2) is 0 Å². The van der Waals surface area contributed by atoms with Crippen LogP contribution >= 0.6 is 15.9 Å². The highest BCUT2D eigenvalue weighted by molar-refractivity contribution is 9.10. The molecule has 0 radical (unpaired) electrons. The van der Waals surface area contributed by atoms with Gasteiger partial charge in [0.05, 0.1) is 5.69 Å². The fourth-order valence-electron chi connectivity index (χ4n) is 2.07. The molecule has 0 unspecified atom stereocenters. The Morgan fingerprint density at radius 1 is 1.14 bits per heavy atom. The first-order valence-corrected chi connectivity index (χ1v) is 8.24. The zero-order valence-electron chi connectivity index (χ0n) is 12.8. The van der Waals surface area contributed by atoms with Crippen LogP contribution in [0.1, 0.15) is 25.8 Å². The molecule has 0 aromatic heterocycles. The second-order valence-corrected chi connectivity index (χ2v) is 5.84. The Morgan fingerprint density at radius 2 is 1.82 bits per heavy atom. The maximum absolute atomic E-state index is 12.4. The first-order valence-electron chi connectivity index (χ1n) is 7.45. The van der Waals surface area contributed by atoms with Gasteiger partial charge in [0.1, 0.15) is 5.75 Å². The number of hydrogen-bond donors (Lipinski definition) is 1. The van der Waals surface area contributed by atoms with E-state index in [0.29, 0.717) is 12.2 Å². The topological polar surface area (TPSA) is 38.3 Å². The van der Waals surface area contributed by atoms with Gasteiger partial charge in [0.25, 0.3) is 5.91 Å². The molecule has 0 fully saturated rings. The van der Waals surface area contributed by atoms with Crippen molar-refractivity contribution in [3.05, 3.63) is 58.6 Å². The Bertz CT molecular complexity index is 625. The molecule has 0 aliphatic heterocycles. The Balaban J connectivity index is 2.03. The van der Waals surface area contributed by atoms with Crippen molar-refractivity contribution in [3.63, 3.8) is 0 Å². The summed E-state index contributed by atoms with van der Waals surface area (Å²) < 4.78 is 6.66. The van der Waals surface area contributed by atoms with Crippen LogP contribution in [0.15, 0.2) is 53.0 Å². The van der Waals surface area contributed by atoms with Crippen LogP contribution in [-0.4, -0.2) is 12.0 Å². The molecule has 3 nitrogen and oxygen atoms in total. The molecular weight excluding hydrogens is 342 g/mol. The molecular formula is C18H20BrNO2. The van der Waals surface area contributed by atoms with E-state index >= 15 is 0 Å². The predicted molar refractivity (Wildman–Crippen MR) is 93.3 cm³/mol. The Morgan fingerprint density at radius 3 is 2.41 bits per heavy atom. The van der Waals surface area contributed by atoms with Crippen LogP contribution in [0.25, 0.3) is 0 Å². The summed E-state index contributed by atoms with van der Waals surface area (Å²) in [5.74, 6) is 0.570. The molecule has 22 heavy (non-hydrogen) atoms. The fourth-order valence-corrected chi connectivity index (χ4v) is 2.45. The van der Waals surface area contributed by atoms with Crippen molar-refractivity contribution >= 4 is 27.5 Å². The van der Waals surface area contributed by atoms with E-state index in [9.17, 15) is 4.79 Å². The number of nitrogens with one attached hydrogen (secondary N) is 1. The van der Waals surface area contributed by atoms with E-state index in [0.717, 1.165) is 16.6 Å². The largest absolute Gasteiger partial charge is 0.481 e. The van der Waals surface area contributed by atoms with E-state index in [-0.39, 0.29) is 5.91 Å². The Hall–Kier alpha value is -1.81. The normalized spacial score (nSPS) is 11.8. The van der Waals surface area contributed by atoms with Crippen molar-refractivity contribution in [1.82, 2.24) is 0 Å². The maximum atomic E-state index is 12.4. The van der Waals surface area contributed by atoms with Gasteiger partial charge in [-0.15, -0.1) is 0 Å². The van der Waals surface area contributed by atoms with Crippen LogP contribution in [0, 0.1) is 0 Å². The molecule has 1 N–H and O–H groups in total. The highest BCUT2D eigenvalue weighted by atomic mass is 79.9. The highest BCUT2D eigenvalue weighted by Gasteiger charge is 2.19. The Labute approximate surface area is 139 Å². The van der Waals surface area contributed by atoms with E-state index in [1.807, 2.05) is 55.5 Å². The molecule has 0 saturated carbocycles. The Kier molecular flexibility index (Phi) is 6.01. The monoisotopic (exact) mass is 361 g/mol. The summed E-state index contributed by atoms with van der Waals surface area (Å²) in [7, 11) is 0. The van der Waals surface area contributed by atoms with E-state index < -0.39 is 6.10 Å². The smallest absolute Gasteiger partial charge is 0.265 e. The lowest BCUT2D eigenvalue weighted by molar-refractivity contribution is -0.122. The molecule has 0 spiro atoms. The minimum Gasteiger partial charge on any atom is -0.481 e. The molecule has 1 amide bonds. The van der Waals surface area contributed by atoms with Gasteiger partial charge in [-0.1, -0.05) is 38.1 Å². The lowest BCUT2D eigenvalue weighted by Crippen LogP contribution is -2.32. The van der Waals surface area contributed by atoms with Crippen molar-refractivity contribution in [2.24, 2.45) is 0 Å². The number of para-hydroxylation sites is 1. The van der Waals surface area contributed by atoms with Gasteiger partial charge >= 0.3 is 0 Å². The SMILES string of the molecule is CCc1ccc(O[C@@H](CC)C(=O)Nc2ccccc2Br)cc1. The summed E-state index contributed by atoms with van der Waals surface area (Å²) in [5.41, 5.74) is 1.99. The predicted octanol–water partition coefficient (Wildman–Crippen LogP) is 4.81. The number of benzene rings is 2. The molecule has 0 bridgehead atoms. The minimum atomic E-state index is -0.514. The van der Waals surface area contributed by atoms with Crippen LogP contribution in [0.4, 0.5) is 5.69 Å². The summed E-state index contributed by atoms with van der Waals surface area (Å²) in [6.07, 6.45) is 1.07. The number of anilines is 1. The standard InChI is InChI=1S/C18H20BrNO2/c1-3-13-9-11-14(12-10-13)22-17(4-2)18(21)20-16-8-6-5-7-15(16)19/h5-12,17H,3-4H2,1-2H3,(H,20,21)/t17-/m0/s1. The zero-order valence-corrected chi connectivity index (χ0v) is 14.4. The quantitative estimate of drug-likeness (QED) is 0.801. The van der Waals surface area contributed by atoms with Crippen LogP contribution in [-0.2, 0) is 11.2 Å².